The molecule has 2 aromatic carbocycles. The number of aromatic amines is 1. The van der Waals surface area contributed by atoms with Crippen molar-refractivity contribution in [2.24, 2.45) is 0 Å². The fourth-order valence-electron chi connectivity index (χ4n) is 4.04. The van der Waals surface area contributed by atoms with Gasteiger partial charge in [-0.3, -0.25) is 0 Å². The highest BCUT2D eigenvalue weighted by atomic mass is 15.1. The van der Waals surface area contributed by atoms with Gasteiger partial charge in [0.1, 0.15) is 11.8 Å². The molecule has 0 aliphatic carbocycles. The molecule has 4 aromatic rings. The van der Waals surface area contributed by atoms with E-state index in [9.17, 15) is 0 Å². The van der Waals surface area contributed by atoms with Crippen LogP contribution in [0.3, 0.4) is 0 Å². The topological polar surface area (TPSA) is 56.8 Å². The van der Waals surface area contributed by atoms with E-state index in [0.717, 1.165) is 39.0 Å². The molecule has 0 amide bonds. The molecular weight excluding hydrogens is 334 g/mol. The van der Waals surface area contributed by atoms with E-state index in [4.69, 9.17) is 0 Å². The summed E-state index contributed by atoms with van der Waals surface area (Å²) in [6, 6.07) is 15.0. The van der Waals surface area contributed by atoms with Gasteiger partial charge in [0.15, 0.2) is 0 Å². The Bertz CT molecular complexity index is 1090. The first-order valence-electron chi connectivity index (χ1n) is 9.63. The average Bonchev–Trinajstić information content (AvgIpc) is 3.18. The number of nitrogens with zero attached hydrogens (tertiary/aromatic N) is 3. The Labute approximate surface area is 158 Å². The van der Waals surface area contributed by atoms with Gasteiger partial charge in [0.05, 0.1) is 11.2 Å². The number of rotatable bonds is 3. The lowest BCUT2D eigenvalue weighted by molar-refractivity contribution is 0.578. The van der Waals surface area contributed by atoms with Gasteiger partial charge in [0, 0.05) is 41.1 Å². The maximum atomic E-state index is 4.48. The number of aromatic nitrogens is 3. The fourth-order valence-corrected chi connectivity index (χ4v) is 4.04. The molecule has 1 saturated heterocycles. The molecule has 5 heteroatoms. The first-order chi connectivity index (χ1) is 13.3. The van der Waals surface area contributed by atoms with Crippen molar-refractivity contribution in [3.63, 3.8) is 0 Å². The van der Waals surface area contributed by atoms with Gasteiger partial charge < -0.3 is 15.2 Å². The summed E-state index contributed by atoms with van der Waals surface area (Å²) in [7, 11) is 0. The summed E-state index contributed by atoms with van der Waals surface area (Å²) < 4.78 is 0. The van der Waals surface area contributed by atoms with Crippen molar-refractivity contribution in [1.29, 1.82) is 0 Å². The van der Waals surface area contributed by atoms with Crippen LogP contribution in [-0.2, 0) is 0 Å². The lowest BCUT2D eigenvalue weighted by Gasteiger charge is -2.28. The van der Waals surface area contributed by atoms with Crippen LogP contribution in [0.1, 0.15) is 25.0 Å². The highest BCUT2D eigenvalue weighted by Gasteiger charge is 2.12. The van der Waals surface area contributed by atoms with Crippen LogP contribution in [0.5, 0.6) is 0 Å². The zero-order valence-electron chi connectivity index (χ0n) is 15.5. The molecule has 5 rings (SSSR count). The Hall–Kier alpha value is -3.08. The number of benzene rings is 2. The van der Waals surface area contributed by atoms with Crippen molar-refractivity contribution in [1.82, 2.24) is 15.0 Å². The molecule has 1 aliphatic heterocycles. The van der Waals surface area contributed by atoms with E-state index in [1.807, 2.05) is 6.07 Å². The second kappa shape index (κ2) is 6.58. The van der Waals surface area contributed by atoms with Crippen LogP contribution in [0.4, 0.5) is 17.1 Å². The number of hydrogen-bond donors (Lipinski definition) is 2. The Balaban J connectivity index is 1.51. The van der Waals surface area contributed by atoms with Gasteiger partial charge in [0.25, 0.3) is 0 Å². The summed E-state index contributed by atoms with van der Waals surface area (Å²) in [6.07, 6.45) is 5.57. The van der Waals surface area contributed by atoms with Crippen LogP contribution >= 0.6 is 0 Å². The monoisotopic (exact) mass is 357 g/mol. The zero-order valence-corrected chi connectivity index (χ0v) is 15.5. The van der Waals surface area contributed by atoms with Crippen LogP contribution in [-0.4, -0.2) is 28.0 Å². The molecule has 0 radical (unpaired) electrons. The molecule has 0 atom stereocenters. The molecule has 2 N–H and O–H groups in total. The van der Waals surface area contributed by atoms with Gasteiger partial charge in [-0.1, -0.05) is 0 Å². The highest BCUT2D eigenvalue weighted by Crippen LogP contribution is 2.32. The third kappa shape index (κ3) is 2.99. The first kappa shape index (κ1) is 16.1. The van der Waals surface area contributed by atoms with Crippen LogP contribution < -0.4 is 10.2 Å². The predicted molar refractivity (Wildman–Crippen MR) is 112 cm³/mol. The van der Waals surface area contributed by atoms with E-state index in [0.29, 0.717) is 0 Å². The molecule has 5 nitrogen and oxygen atoms in total. The quantitative estimate of drug-likeness (QED) is 0.532. The standard InChI is InChI=1S/C22H23N5/c1-15-13-20(21-18(25-15)9-10-19-22(21)24-14-23-19)26-16-5-7-17(8-6-16)27-11-3-2-4-12-27/h5-10,13-14,25-26H,2-4,11-12H2,1H3. The van der Waals surface area contributed by atoms with E-state index in [1.165, 1.54) is 38.0 Å². The number of pyridine rings is 1. The Morgan fingerprint density at radius 2 is 1.78 bits per heavy atom. The number of H-pyrrole nitrogens is 1. The van der Waals surface area contributed by atoms with Gasteiger partial charge in [-0.25, -0.2) is 9.97 Å². The number of imidazole rings is 1. The van der Waals surface area contributed by atoms with Gasteiger partial charge in [-0.05, 0) is 68.7 Å². The highest BCUT2D eigenvalue weighted by molar-refractivity contribution is 6.10. The second-order valence-corrected chi connectivity index (χ2v) is 7.32. The lowest BCUT2D eigenvalue weighted by Crippen LogP contribution is -2.29. The maximum absolute atomic E-state index is 4.48. The number of piperidine rings is 1. The van der Waals surface area contributed by atoms with Crippen molar-refractivity contribution in [3.05, 3.63) is 54.5 Å². The lowest BCUT2D eigenvalue weighted by atomic mass is 10.1. The molecule has 1 aliphatic rings. The molecule has 27 heavy (non-hydrogen) atoms. The van der Waals surface area contributed by atoms with Gasteiger partial charge in [-0.15, -0.1) is 0 Å². The fraction of sp³-hybridized carbons (Fsp3) is 0.273. The van der Waals surface area contributed by atoms with E-state index < -0.39 is 0 Å². The smallest absolute Gasteiger partial charge is 0.116 e. The summed E-state index contributed by atoms with van der Waals surface area (Å²) in [6.45, 7) is 4.41. The Morgan fingerprint density at radius 1 is 0.963 bits per heavy atom. The van der Waals surface area contributed by atoms with Crippen LogP contribution in [0.2, 0.25) is 0 Å². The number of fused-ring (bicyclic) bond motifs is 3. The van der Waals surface area contributed by atoms with Gasteiger partial charge >= 0.3 is 0 Å². The van der Waals surface area contributed by atoms with Crippen molar-refractivity contribution < 1.29 is 0 Å². The van der Waals surface area contributed by atoms with E-state index in [-0.39, 0.29) is 0 Å². The van der Waals surface area contributed by atoms with Gasteiger partial charge in [0.2, 0.25) is 0 Å². The SMILES string of the molecule is Cc1cc(Nc2ccc(N3CCCCC3)cc2)c2c(ccc3ncnc32)[nH]1. The molecule has 3 heterocycles. The molecule has 2 aromatic heterocycles. The Morgan fingerprint density at radius 3 is 2.59 bits per heavy atom. The van der Waals surface area contributed by atoms with E-state index in [1.54, 1.807) is 6.33 Å². The molecule has 0 unspecified atom stereocenters. The van der Waals surface area contributed by atoms with E-state index in [2.05, 4.69) is 68.5 Å². The summed E-state index contributed by atoms with van der Waals surface area (Å²) in [5.41, 5.74) is 7.47. The van der Waals surface area contributed by atoms with Crippen LogP contribution in [0.15, 0.2) is 48.8 Å². The van der Waals surface area contributed by atoms with Crippen molar-refractivity contribution >= 4 is 39.0 Å². The van der Waals surface area contributed by atoms with E-state index >= 15 is 0 Å². The summed E-state index contributed by atoms with van der Waals surface area (Å²) >= 11 is 0. The summed E-state index contributed by atoms with van der Waals surface area (Å²) in [5, 5.41) is 4.67. The molecule has 0 saturated carbocycles. The Kier molecular flexibility index (Phi) is 3.93. The minimum absolute atomic E-state index is 0.920. The third-order valence-electron chi connectivity index (χ3n) is 5.37. The molecule has 136 valence electrons. The molecular formula is C22H23N5. The van der Waals surface area contributed by atoms with Crippen molar-refractivity contribution in [2.45, 2.75) is 26.2 Å². The zero-order chi connectivity index (χ0) is 18.2. The predicted octanol–water partition coefficient (Wildman–Crippen LogP) is 5.15. The number of hydrogen-bond acceptors (Lipinski definition) is 4. The minimum Gasteiger partial charge on any atom is -0.372 e. The first-order valence-corrected chi connectivity index (χ1v) is 9.63. The summed E-state index contributed by atoms with van der Waals surface area (Å²) in [5.74, 6) is 0. The second-order valence-electron chi connectivity index (χ2n) is 7.32. The number of anilines is 3. The largest absolute Gasteiger partial charge is 0.372 e. The average molecular weight is 357 g/mol. The molecule has 0 spiro atoms. The minimum atomic E-state index is 0.920. The van der Waals surface area contributed by atoms with Gasteiger partial charge in [-0.2, -0.15) is 0 Å². The van der Waals surface area contributed by atoms with Crippen LogP contribution in [0, 0.1) is 6.92 Å². The van der Waals surface area contributed by atoms with Crippen molar-refractivity contribution in [2.75, 3.05) is 23.3 Å². The molecule has 0 bridgehead atoms. The normalized spacial score (nSPS) is 14.8. The maximum Gasteiger partial charge on any atom is 0.116 e. The van der Waals surface area contributed by atoms with Crippen molar-refractivity contribution in [3.8, 4) is 0 Å². The third-order valence-corrected chi connectivity index (χ3v) is 5.37. The summed E-state index contributed by atoms with van der Waals surface area (Å²) in [4.78, 5) is 14.7. The molecule has 1 fully saturated rings. The number of nitrogens with one attached hydrogen (secondary N) is 2. The number of aryl methyl sites for hydroxylation is 1. The van der Waals surface area contributed by atoms with Crippen LogP contribution in [0.25, 0.3) is 21.9 Å².